The van der Waals surface area contributed by atoms with Crippen LogP contribution in [0.4, 0.5) is 5.69 Å². The van der Waals surface area contributed by atoms with Crippen molar-refractivity contribution in [1.82, 2.24) is 9.78 Å². The zero-order valence-corrected chi connectivity index (χ0v) is 10.4. The standard InChI is InChI=1S/C13H15N3O3/c17-13-4-2-1-3-11(13)15-12-7-10(16(18)19)6-5-9(12)8-14-15/h5-8,11,13,17H,1-4H2. The van der Waals surface area contributed by atoms with Gasteiger partial charge in [0.15, 0.2) is 0 Å². The number of nitro benzene ring substituents is 1. The third-order valence-electron chi connectivity index (χ3n) is 3.80. The van der Waals surface area contributed by atoms with Crippen molar-refractivity contribution >= 4 is 16.6 Å². The van der Waals surface area contributed by atoms with Gasteiger partial charge in [-0.25, -0.2) is 0 Å². The maximum Gasteiger partial charge on any atom is 0.271 e. The van der Waals surface area contributed by atoms with Gasteiger partial charge in [-0.15, -0.1) is 0 Å². The van der Waals surface area contributed by atoms with E-state index in [4.69, 9.17) is 0 Å². The molecule has 19 heavy (non-hydrogen) atoms. The average Bonchev–Trinajstić information content (AvgIpc) is 2.82. The Balaban J connectivity index is 2.07. The van der Waals surface area contributed by atoms with E-state index in [1.807, 2.05) is 0 Å². The molecule has 1 heterocycles. The van der Waals surface area contributed by atoms with E-state index >= 15 is 0 Å². The number of nitro groups is 1. The van der Waals surface area contributed by atoms with E-state index in [2.05, 4.69) is 5.10 Å². The number of benzene rings is 1. The summed E-state index contributed by atoms with van der Waals surface area (Å²) in [6, 6.07) is 4.63. The number of aliphatic hydroxyl groups excluding tert-OH is 1. The third kappa shape index (κ3) is 2.08. The number of hydrogen-bond acceptors (Lipinski definition) is 4. The number of aromatic nitrogens is 2. The van der Waals surface area contributed by atoms with Gasteiger partial charge in [-0.2, -0.15) is 5.10 Å². The van der Waals surface area contributed by atoms with Crippen molar-refractivity contribution in [3.05, 3.63) is 34.5 Å². The Bertz CT molecular complexity index is 623. The monoisotopic (exact) mass is 261 g/mol. The van der Waals surface area contributed by atoms with Gasteiger partial charge < -0.3 is 5.11 Å². The maximum atomic E-state index is 10.8. The van der Waals surface area contributed by atoms with Gasteiger partial charge in [0.1, 0.15) is 0 Å². The highest BCUT2D eigenvalue weighted by Crippen LogP contribution is 2.31. The zero-order chi connectivity index (χ0) is 13.4. The summed E-state index contributed by atoms with van der Waals surface area (Å²) >= 11 is 0. The van der Waals surface area contributed by atoms with Gasteiger partial charge in [-0.1, -0.05) is 12.8 Å². The summed E-state index contributed by atoms with van der Waals surface area (Å²) in [5.41, 5.74) is 0.777. The first-order chi connectivity index (χ1) is 9.16. The minimum atomic E-state index is -0.420. The number of fused-ring (bicyclic) bond motifs is 1. The number of aliphatic hydroxyl groups is 1. The quantitative estimate of drug-likeness (QED) is 0.665. The molecule has 6 heteroatoms. The lowest BCUT2D eigenvalue weighted by atomic mass is 9.92. The summed E-state index contributed by atoms with van der Waals surface area (Å²) in [5, 5.41) is 26.1. The van der Waals surface area contributed by atoms with Crippen LogP contribution in [0.25, 0.3) is 10.9 Å². The highest BCUT2D eigenvalue weighted by molar-refractivity contribution is 5.81. The number of hydrogen-bond donors (Lipinski definition) is 1. The van der Waals surface area contributed by atoms with E-state index in [0.29, 0.717) is 0 Å². The molecule has 0 spiro atoms. The Morgan fingerprint density at radius 1 is 1.37 bits per heavy atom. The molecule has 1 N–H and O–H groups in total. The molecule has 0 aliphatic heterocycles. The molecule has 1 aliphatic carbocycles. The van der Waals surface area contributed by atoms with Gasteiger partial charge in [0.05, 0.1) is 28.8 Å². The Morgan fingerprint density at radius 2 is 2.16 bits per heavy atom. The minimum Gasteiger partial charge on any atom is -0.391 e. The molecule has 0 bridgehead atoms. The largest absolute Gasteiger partial charge is 0.391 e. The molecule has 2 atom stereocenters. The molecular weight excluding hydrogens is 246 g/mol. The predicted octanol–water partition coefficient (Wildman–Crippen LogP) is 2.42. The van der Waals surface area contributed by atoms with E-state index in [9.17, 15) is 15.2 Å². The van der Waals surface area contributed by atoms with Gasteiger partial charge in [-0.05, 0) is 18.9 Å². The van der Waals surface area contributed by atoms with E-state index in [0.717, 1.165) is 36.6 Å². The zero-order valence-electron chi connectivity index (χ0n) is 10.4. The molecule has 2 unspecified atom stereocenters. The average molecular weight is 261 g/mol. The summed E-state index contributed by atoms with van der Waals surface area (Å²) in [6.45, 7) is 0. The Kier molecular flexibility index (Phi) is 2.94. The van der Waals surface area contributed by atoms with Crippen LogP contribution in [0, 0.1) is 10.1 Å². The van der Waals surface area contributed by atoms with Gasteiger partial charge in [0, 0.05) is 17.5 Å². The van der Waals surface area contributed by atoms with Crippen molar-refractivity contribution in [1.29, 1.82) is 0 Å². The lowest BCUT2D eigenvalue weighted by molar-refractivity contribution is -0.384. The summed E-state index contributed by atoms with van der Waals surface area (Å²) in [5.74, 6) is 0. The first kappa shape index (κ1) is 12.1. The highest BCUT2D eigenvalue weighted by Gasteiger charge is 2.26. The summed E-state index contributed by atoms with van der Waals surface area (Å²) in [4.78, 5) is 10.4. The first-order valence-corrected chi connectivity index (χ1v) is 6.46. The van der Waals surface area contributed by atoms with E-state index in [1.165, 1.54) is 12.1 Å². The molecule has 3 rings (SSSR count). The normalized spacial score (nSPS) is 23.6. The van der Waals surface area contributed by atoms with Crippen LogP contribution >= 0.6 is 0 Å². The van der Waals surface area contributed by atoms with E-state index in [-0.39, 0.29) is 11.7 Å². The summed E-state index contributed by atoms with van der Waals surface area (Å²) in [6.07, 6.45) is 4.98. The molecule has 1 aromatic carbocycles. The van der Waals surface area contributed by atoms with Crippen LogP contribution in [0.1, 0.15) is 31.7 Å². The van der Waals surface area contributed by atoms with Crippen molar-refractivity contribution in [2.75, 3.05) is 0 Å². The van der Waals surface area contributed by atoms with Crippen molar-refractivity contribution in [3.63, 3.8) is 0 Å². The maximum absolute atomic E-state index is 10.8. The van der Waals surface area contributed by atoms with Crippen LogP contribution in [0.15, 0.2) is 24.4 Å². The van der Waals surface area contributed by atoms with Crippen molar-refractivity contribution in [2.24, 2.45) is 0 Å². The minimum absolute atomic E-state index is 0.0551. The number of rotatable bonds is 2. The molecule has 0 amide bonds. The lowest BCUT2D eigenvalue weighted by Gasteiger charge is -2.28. The van der Waals surface area contributed by atoms with Crippen LogP contribution in [0.3, 0.4) is 0 Å². The smallest absolute Gasteiger partial charge is 0.271 e. The van der Waals surface area contributed by atoms with Crippen LogP contribution in [-0.4, -0.2) is 25.9 Å². The van der Waals surface area contributed by atoms with Gasteiger partial charge in [0.2, 0.25) is 0 Å². The molecule has 1 aliphatic rings. The second-order valence-corrected chi connectivity index (χ2v) is 5.01. The van der Waals surface area contributed by atoms with Crippen LogP contribution in [-0.2, 0) is 0 Å². The Labute approximate surface area is 109 Å². The lowest BCUT2D eigenvalue weighted by Crippen LogP contribution is -2.28. The molecule has 2 aromatic rings. The third-order valence-corrected chi connectivity index (χ3v) is 3.80. The van der Waals surface area contributed by atoms with Crippen LogP contribution in [0.2, 0.25) is 0 Å². The number of non-ortho nitro benzene ring substituents is 1. The Morgan fingerprint density at radius 3 is 2.89 bits per heavy atom. The fraction of sp³-hybridized carbons (Fsp3) is 0.462. The fourth-order valence-corrected chi connectivity index (χ4v) is 2.78. The molecule has 100 valence electrons. The summed E-state index contributed by atoms with van der Waals surface area (Å²) in [7, 11) is 0. The molecule has 1 fully saturated rings. The number of nitrogens with zero attached hydrogens (tertiary/aromatic N) is 3. The fourth-order valence-electron chi connectivity index (χ4n) is 2.78. The molecule has 1 saturated carbocycles. The van der Waals surface area contributed by atoms with Crippen molar-refractivity contribution in [3.8, 4) is 0 Å². The topological polar surface area (TPSA) is 81.2 Å². The Hall–Kier alpha value is -1.95. The molecular formula is C13H15N3O3. The van der Waals surface area contributed by atoms with Gasteiger partial charge in [-0.3, -0.25) is 14.8 Å². The second kappa shape index (κ2) is 4.62. The molecule has 6 nitrogen and oxygen atoms in total. The van der Waals surface area contributed by atoms with E-state index in [1.54, 1.807) is 16.9 Å². The first-order valence-electron chi connectivity index (χ1n) is 6.46. The van der Waals surface area contributed by atoms with Crippen LogP contribution in [0.5, 0.6) is 0 Å². The molecule has 0 saturated heterocycles. The van der Waals surface area contributed by atoms with Crippen molar-refractivity contribution < 1.29 is 10.0 Å². The second-order valence-electron chi connectivity index (χ2n) is 5.01. The molecule has 0 radical (unpaired) electrons. The van der Waals surface area contributed by atoms with Crippen molar-refractivity contribution in [2.45, 2.75) is 37.8 Å². The van der Waals surface area contributed by atoms with Crippen LogP contribution < -0.4 is 0 Å². The van der Waals surface area contributed by atoms with Gasteiger partial charge >= 0.3 is 0 Å². The predicted molar refractivity (Wildman–Crippen MR) is 69.9 cm³/mol. The van der Waals surface area contributed by atoms with E-state index < -0.39 is 11.0 Å². The highest BCUT2D eigenvalue weighted by atomic mass is 16.6. The SMILES string of the molecule is O=[N+]([O-])c1ccc2cnn(C3CCCCC3O)c2c1. The summed E-state index contributed by atoms with van der Waals surface area (Å²) < 4.78 is 1.74. The molecule has 1 aromatic heterocycles. The van der Waals surface area contributed by atoms with Gasteiger partial charge in [0.25, 0.3) is 5.69 Å².